The summed E-state index contributed by atoms with van der Waals surface area (Å²) in [5.74, 6) is -3.31. The quantitative estimate of drug-likeness (QED) is 0.267. The maximum atomic E-state index is 13.2. The fraction of sp³-hybridized carbons (Fsp3) is 0.500. The standard InChI is InChI=1S/C24H33N5O6/c1-13(2)20(22(32)27-18(12-30)24(34)35)28-21(31)19-8-5-9-29(19)23(33)16(25)10-14-11-26-17-7-4-3-6-15(14)17/h3-4,6-7,11,13,16,18-20,26,30H,5,8-10,12,25H2,1-2H3,(H,27,32)(H,28,31)(H,34,35). The van der Waals surface area contributed by atoms with Crippen molar-refractivity contribution in [3.63, 3.8) is 0 Å². The Kier molecular flexibility index (Phi) is 8.47. The minimum Gasteiger partial charge on any atom is -0.480 e. The van der Waals surface area contributed by atoms with Crippen LogP contribution in [0.2, 0.25) is 0 Å². The van der Waals surface area contributed by atoms with Gasteiger partial charge in [0.1, 0.15) is 18.1 Å². The van der Waals surface area contributed by atoms with Gasteiger partial charge < -0.3 is 36.5 Å². The normalized spacial score (nSPS) is 18.3. The molecule has 0 aliphatic carbocycles. The lowest BCUT2D eigenvalue weighted by Crippen LogP contribution is -2.58. The average molecular weight is 488 g/mol. The van der Waals surface area contributed by atoms with Crippen LogP contribution in [-0.2, 0) is 25.6 Å². The van der Waals surface area contributed by atoms with Gasteiger partial charge in [0.25, 0.3) is 0 Å². The summed E-state index contributed by atoms with van der Waals surface area (Å²) in [4.78, 5) is 54.6. The van der Waals surface area contributed by atoms with Crippen LogP contribution in [0.4, 0.5) is 0 Å². The van der Waals surface area contributed by atoms with Gasteiger partial charge in [-0.15, -0.1) is 0 Å². The number of likely N-dealkylation sites (tertiary alicyclic amines) is 1. The Labute approximate surface area is 203 Å². The smallest absolute Gasteiger partial charge is 0.328 e. The number of carboxylic acids is 1. The molecule has 2 aromatic rings. The van der Waals surface area contributed by atoms with Gasteiger partial charge in [-0.1, -0.05) is 32.0 Å². The summed E-state index contributed by atoms with van der Waals surface area (Å²) >= 11 is 0. The summed E-state index contributed by atoms with van der Waals surface area (Å²) < 4.78 is 0. The number of aromatic nitrogens is 1. The number of nitrogens with zero attached hydrogens (tertiary/aromatic N) is 1. The first-order valence-electron chi connectivity index (χ1n) is 11.7. The van der Waals surface area contributed by atoms with Crippen LogP contribution in [0.1, 0.15) is 32.3 Å². The topological polar surface area (TPSA) is 178 Å². The highest BCUT2D eigenvalue weighted by atomic mass is 16.4. The van der Waals surface area contributed by atoms with Crippen LogP contribution in [0.25, 0.3) is 10.9 Å². The fourth-order valence-electron chi connectivity index (χ4n) is 4.37. The van der Waals surface area contributed by atoms with E-state index in [4.69, 9.17) is 10.8 Å². The van der Waals surface area contributed by atoms with Gasteiger partial charge in [-0.3, -0.25) is 14.4 Å². The van der Waals surface area contributed by atoms with E-state index in [1.165, 1.54) is 4.90 Å². The maximum Gasteiger partial charge on any atom is 0.328 e. The van der Waals surface area contributed by atoms with Gasteiger partial charge in [0, 0.05) is 23.6 Å². The number of rotatable bonds is 10. The fourth-order valence-corrected chi connectivity index (χ4v) is 4.37. The molecule has 4 atom stereocenters. The molecule has 0 radical (unpaired) electrons. The second-order valence-corrected chi connectivity index (χ2v) is 9.17. The number of nitrogens with one attached hydrogen (secondary N) is 3. The molecular weight excluding hydrogens is 454 g/mol. The van der Waals surface area contributed by atoms with Crippen LogP contribution in [0.15, 0.2) is 30.5 Å². The zero-order chi connectivity index (χ0) is 25.7. The Morgan fingerprint density at radius 2 is 1.91 bits per heavy atom. The van der Waals surface area contributed by atoms with Crippen molar-refractivity contribution in [1.82, 2.24) is 20.5 Å². The number of amides is 3. The molecule has 3 amide bonds. The predicted molar refractivity (Wildman–Crippen MR) is 128 cm³/mol. The molecule has 1 aromatic heterocycles. The minimum atomic E-state index is -1.48. The number of aliphatic hydroxyl groups is 1. The average Bonchev–Trinajstić information content (AvgIpc) is 3.47. The monoisotopic (exact) mass is 487 g/mol. The van der Waals surface area contributed by atoms with E-state index in [9.17, 15) is 24.3 Å². The van der Waals surface area contributed by atoms with Crippen molar-refractivity contribution >= 4 is 34.6 Å². The van der Waals surface area contributed by atoms with E-state index in [-0.39, 0.29) is 11.8 Å². The Hall–Kier alpha value is -3.44. The summed E-state index contributed by atoms with van der Waals surface area (Å²) in [7, 11) is 0. The molecule has 3 rings (SSSR count). The molecule has 1 saturated heterocycles. The highest BCUT2D eigenvalue weighted by Crippen LogP contribution is 2.22. The molecule has 1 aliphatic heterocycles. The zero-order valence-electron chi connectivity index (χ0n) is 19.9. The molecule has 190 valence electrons. The van der Waals surface area contributed by atoms with E-state index in [2.05, 4.69) is 15.6 Å². The van der Waals surface area contributed by atoms with Crippen LogP contribution < -0.4 is 16.4 Å². The first-order chi connectivity index (χ1) is 16.6. The van der Waals surface area contributed by atoms with Crippen molar-refractivity contribution in [1.29, 1.82) is 0 Å². The summed E-state index contributed by atoms with van der Waals surface area (Å²) in [6, 6.07) is 3.58. The Balaban J connectivity index is 1.66. The number of carboxylic acid groups (broad SMARTS) is 1. The molecule has 0 spiro atoms. The number of carbonyl (C=O) groups is 4. The SMILES string of the molecule is CC(C)C(NC(=O)C1CCCN1C(=O)C(N)Cc1c[nH]c2ccccc12)C(=O)NC(CO)C(=O)O. The number of carbonyl (C=O) groups excluding carboxylic acids is 3. The molecule has 0 bridgehead atoms. The number of nitrogens with two attached hydrogens (primary N) is 1. The largest absolute Gasteiger partial charge is 0.480 e. The van der Waals surface area contributed by atoms with Gasteiger partial charge in [0.2, 0.25) is 17.7 Å². The van der Waals surface area contributed by atoms with Crippen LogP contribution in [0.3, 0.4) is 0 Å². The van der Waals surface area contributed by atoms with E-state index in [1.54, 1.807) is 13.8 Å². The zero-order valence-corrected chi connectivity index (χ0v) is 19.9. The highest BCUT2D eigenvalue weighted by Gasteiger charge is 2.38. The number of hydrogen-bond acceptors (Lipinski definition) is 6. The van der Waals surface area contributed by atoms with E-state index in [0.29, 0.717) is 25.8 Å². The molecule has 7 N–H and O–H groups in total. The number of H-pyrrole nitrogens is 1. The minimum absolute atomic E-state index is 0.308. The van der Waals surface area contributed by atoms with Gasteiger partial charge in [0.15, 0.2) is 0 Å². The number of aromatic amines is 1. The lowest BCUT2D eigenvalue weighted by atomic mass is 10.0. The Morgan fingerprint density at radius 1 is 1.20 bits per heavy atom. The van der Waals surface area contributed by atoms with Crippen molar-refractivity contribution in [3.05, 3.63) is 36.0 Å². The number of aliphatic carboxylic acids is 1. The van der Waals surface area contributed by atoms with Crippen molar-refractivity contribution in [2.45, 2.75) is 57.3 Å². The third-order valence-corrected chi connectivity index (χ3v) is 6.31. The number of hydrogen-bond donors (Lipinski definition) is 6. The van der Waals surface area contributed by atoms with Crippen LogP contribution >= 0.6 is 0 Å². The van der Waals surface area contributed by atoms with E-state index >= 15 is 0 Å². The molecular formula is C24H33N5O6. The van der Waals surface area contributed by atoms with Gasteiger partial charge in [-0.05, 0) is 36.8 Å². The molecule has 1 aromatic carbocycles. The second-order valence-electron chi connectivity index (χ2n) is 9.17. The molecule has 1 aliphatic rings. The third kappa shape index (κ3) is 5.98. The molecule has 35 heavy (non-hydrogen) atoms. The summed E-state index contributed by atoms with van der Waals surface area (Å²) in [5, 5.41) is 24.1. The van der Waals surface area contributed by atoms with Crippen molar-refractivity contribution in [2.75, 3.05) is 13.2 Å². The van der Waals surface area contributed by atoms with Gasteiger partial charge in [-0.25, -0.2) is 4.79 Å². The molecule has 2 heterocycles. The van der Waals surface area contributed by atoms with Crippen molar-refractivity contribution < 1.29 is 29.4 Å². The molecule has 4 unspecified atom stereocenters. The number of aliphatic hydroxyl groups excluding tert-OH is 1. The van der Waals surface area contributed by atoms with Crippen LogP contribution in [0, 0.1) is 5.92 Å². The summed E-state index contributed by atoms with van der Waals surface area (Å²) in [5.41, 5.74) is 8.12. The van der Waals surface area contributed by atoms with Gasteiger partial charge in [0.05, 0.1) is 12.6 Å². The lowest BCUT2D eigenvalue weighted by Gasteiger charge is -2.29. The molecule has 0 saturated carbocycles. The molecule has 1 fully saturated rings. The van der Waals surface area contributed by atoms with Crippen LogP contribution in [-0.4, -0.2) is 81.1 Å². The first kappa shape index (κ1) is 26.2. The summed E-state index contributed by atoms with van der Waals surface area (Å²) in [6.45, 7) is 3.00. The second kappa shape index (κ2) is 11.3. The Bertz CT molecular complexity index is 1080. The van der Waals surface area contributed by atoms with Gasteiger partial charge >= 0.3 is 5.97 Å². The molecule has 11 heteroatoms. The first-order valence-corrected chi connectivity index (χ1v) is 11.7. The maximum absolute atomic E-state index is 13.2. The third-order valence-electron chi connectivity index (χ3n) is 6.31. The Morgan fingerprint density at radius 3 is 2.57 bits per heavy atom. The predicted octanol–water partition coefficient (Wildman–Crippen LogP) is -0.269. The van der Waals surface area contributed by atoms with E-state index < -0.39 is 48.6 Å². The number of benzene rings is 1. The molecule has 11 nitrogen and oxygen atoms in total. The van der Waals surface area contributed by atoms with Crippen molar-refractivity contribution in [2.24, 2.45) is 11.7 Å². The number of para-hydroxylation sites is 1. The highest BCUT2D eigenvalue weighted by molar-refractivity contribution is 5.95. The van der Waals surface area contributed by atoms with Crippen molar-refractivity contribution in [3.8, 4) is 0 Å². The van der Waals surface area contributed by atoms with Crippen LogP contribution in [0.5, 0.6) is 0 Å². The van der Waals surface area contributed by atoms with E-state index in [1.807, 2.05) is 30.5 Å². The van der Waals surface area contributed by atoms with Gasteiger partial charge in [-0.2, -0.15) is 0 Å². The van der Waals surface area contributed by atoms with E-state index in [0.717, 1.165) is 16.5 Å². The number of fused-ring (bicyclic) bond motifs is 1. The summed E-state index contributed by atoms with van der Waals surface area (Å²) in [6.07, 6.45) is 3.18. The lowest BCUT2D eigenvalue weighted by molar-refractivity contribution is -0.144.